The number of esters is 1. The third-order valence-electron chi connectivity index (χ3n) is 5.16. The summed E-state index contributed by atoms with van der Waals surface area (Å²) >= 11 is 0. The van der Waals surface area contributed by atoms with Crippen molar-refractivity contribution in [1.82, 2.24) is 15.3 Å². The van der Waals surface area contributed by atoms with Crippen LogP contribution in [0.3, 0.4) is 0 Å². The number of carbonyl (C=O) groups excluding carboxylic acids is 1. The quantitative estimate of drug-likeness (QED) is 0.619. The molecule has 4 rings (SSSR count). The van der Waals surface area contributed by atoms with Crippen molar-refractivity contribution in [3.05, 3.63) is 65.5 Å². The monoisotopic (exact) mass is 405 g/mol. The number of aromatic nitrogens is 2. The number of nitrogens with one attached hydrogen (secondary N) is 2. The minimum Gasteiger partial charge on any atom is -0.473 e. The largest absolute Gasteiger partial charge is 0.473 e. The maximum Gasteiger partial charge on any atom is 0.342 e. The van der Waals surface area contributed by atoms with Gasteiger partial charge in [0.15, 0.2) is 0 Å². The summed E-state index contributed by atoms with van der Waals surface area (Å²) in [4.78, 5) is 20.8. The van der Waals surface area contributed by atoms with Crippen molar-refractivity contribution in [2.24, 2.45) is 0 Å². The first kappa shape index (κ1) is 20.0. The van der Waals surface area contributed by atoms with Crippen LogP contribution in [0.15, 0.2) is 48.7 Å². The number of fused-ring (bicyclic) bond motifs is 3. The molecule has 0 fully saturated rings. The number of pyridine rings is 1. The van der Waals surface area contributed by atoms with Gasteiger partial charge in [-0.2, -0.15) is 4.98 Å². The van der Waals surface area contributed by atoms with Gasteiger partial charge in [-0.05, 0) is 31.0 Å². The first-order chi connectivity index (χ1) is 14.3. The molecule has 1 aliphatic heterocycles. The summed E-state index contributed by atoms with van der Waals surface area (Å²) in [5.41, 5.74) is 3.85. The molecule has 0 saturated carbocycles. The molecule has 1 aromatic carbocycles. The zero-order chi connectivity index (χ0) is 21.3. The third-order valence-corrected chi connectivity index (χ3v) is 5.16. The van der Waals surface area contributed by atoms with Crippen LogP contribution in [-0.4, -0.2) is 28.6 Å². The van der Waals surface area contributed by atoms with Crippen molar-refractivity contribution in [2.75, 3.05) is 6.54 Å². The van der Waals surface area contributed by atoms with Crippen molar-refractivity contribution in [1.29, 1.82) is 0 Å². The van der Waals surface area contributed by atoms with E-state index in [1.54, 1.807) is 6.20 Å². The Morgan fingerprint density at radius 3 is 2.67 bits per heavy atom. The fourth-order valence-corrected chi connectivity index (χ4v) is 3.78. The Kier molecular flexibility index (Phi) is 5.24. The number of hydrogen-bond acceptors (Lipinski definition) is 5. The minimum atomic E-state index is -0.358. The molecule has 0 unspecified atom stereocenters. The average Bonchev–Trinajstić information content (AvgIpc) is 3.03. The van der Waals surface area contributed by atoms with Crippen LogP contribution in [0, 0.1) is 0 Å². The molecule has 0 saturated heterocycles. The van der Waals surface area contributed by atoms with E-state index in [0.717, 1.165) is 22.2 Å². The maximum atomic E-state index is 12.7. The average molecular weight is 405 g/mol. The van der Waals surface area contributed by atoms with Crippen LogP contribution >= 0.6 is 0 Å². The van der Waals surface area contributed by atoms with E-state index in [1.807, 2.05) is 56.3 Å². The summed E-state index contributed by atoms with van der Waals surface area (Å²) in [6, 6.07) is 13.9. The molecule has 0 bridgehead atoms. The first-order valence-electron chi connectivity index (χ1n) is 10.2. The van der Waals surface area contributed by atoms with Gasteiger partial charge in [-0.1, -0.05) is 44.2 Å². The topological polar surface area (TPSA) is 76.2 Å². The predicted octanol–water partition coefficient (Wildman–Crippen LogP) is 4.32. The van der Waals surface area contributed by atoms with Gasteiger partial charge >= 0.3 is 5.97 Å². The molecule has 0 radical (unpaired) electrons. The molecule has 156 valence electrons. The zero-order valence-corrected chi connectivity index (χ0v) is 17.8. The minimum absolute atomic E-state index is 0.196. The molecule has 6 nitrogen and oxygen atoms in total. The summed E-state index contributed by atoms with van der Waals surface area (Å²) in [7, 11) is 0. The lowest BCUT2D eigenvalue weighted by molar-refractivity contribution is -0.140. The lowest BCUT2D eigenvalue weighted by Crippen LogP contribution is -2.29. The lowest BCUT2D eigenvalue weighted by Gasteiger charge is -2.24. The number of H-pyrrole nitrogens is 1. The van der Waals surface area contributed by atoms with E-state index in [1.165, 1.54) is 0 Å². The van der Waals surface area contributed by atoms with Crippen LogP contribution < -0.4 is 10.1 Å². The van der Waals surface area contributed by atoms with Gasteiger partial charge in [0.25, 0.3) is 0 Å². The molecular formula is C24H27N3O3. The van der Waals surface area contributed by atoms with Crippen molar-refractivity contribution < 1.29 is 14.3 Å². The Balaban J connectivity index is 1.72. The number of rotatable bonds is 5. The van der Waals surface area contributed by atoms with Crippen LogP contribution in [0.2, 0.25) is 0 Å². The summed E-state index contributed by atoms with van der Waals surface area (Å²) < 4.78 is 11.4. The van der Waals surface area contributed by atoms with E-state index in [9.17, 15) is 4.79 Å². The molecule has 0 aliphatic carbocycles. The fraction of sp³-hybridized carbons (Fsp3) is 0.333. The van der Waals surface area contributed by atoms with E-state index in [-0.39, 0.29) is 17.5 Å². The predicted molar refractivity (Wildman–Crippen MR) is 117 cm³/mol. The Morgan fingerprint density at radius 1 is 1.17 bits per heavy atom. The Labute approximate surface area is 176 Å². The van der Waals surface area contributed by atoms with Crippen molar-refractivity contribution >= 4 is 22.6 Å². The summed E-state index contributed by atoms with van der Waals surface area (Å²) in [6.07, 6.45) is 1.54. The van der Waals surface area contributed by atoms with Gasteiger partial charge in [0.1, 0.15) is 12.3 Å². The molecule has 3 aromatic rings. The Hall–Kier alpha value is -3.28. The molecule has 0 amide bonds. The molecule has 0 spiro atoms. The summed E-state index contributed by atoms with van der Waals surface area (Å²) in [5.74, 6) is 0.178. The number of nitrogens with zero attached hydrogens (tertiary/aromatic N) is 1. The lowest BCUT2D eigenvalue weighted by atomic mass is 9.82. The van der Waals surface area contributed by atoms with E-state index in [0.29, 0.717) is 30.3 Å². The van der Waals surface area contributed by atoms with Crippen LogP contribution in [-0.2, 0) is 21.6 Å². The summed E-state index contributed by atoms with van der Waals surface area (Å²) in [5, 5.41) is 4.24. The van der Waals surface area contributed by atoms with Gasteiger partial charge in [-0.15, -0.1) is 0 Å². The highest BCUT2D eigenvalue weighted by Crippen LogP contribution is 2.38. The van der Waals surface area contributed by atoms with E-state index < -0.39 is 0 Å². The highest BCUT2D eigenvalue weighted by atomic mass is 16.5. The smallest absolute Gasteiger partial charge is 0.342 e. The molecular weight excluding hydrogens is 378 g/mol. The molecule has 0 atom stereocenters. The highest BCUT2D eigenvalue weighted by Gasteiger charge is 2.34. The Bertz CT molecular complexity index is 1100. The molecule has 6 heteroatoms. The number of ether oxygens (including phenoxy) is 2. The Morgan fingerprint density at radius 2 is 1.93 bits per heavy atom. The second-order valence-corrected chi connectivity index (χ2v) is 8.47. The third kappa shape index (κ3) is 3.90. The van der Waals surface area contributed by atoms with Crippen LogP contribution in [0.4, 0.5) is 0 Å². The van der Waals surface area contributed by atoms with Gasteiger partial charge < -0.3 is 19.8 Å². The van der Waals surface area contributed by atoms with Crippen molar-refractivity contribution in [2.45, 2.75) is 45.8 Å². The first-order valence-corrected chi connectivity index (χ1v) is 10.2. The van der Waals surface area contributed by atoms with Crippen LogP contribution in [0.5, 0.6) is 5.88 Å². The number of carbonyl (C=O) groups is 1. The standard InChI is InChI=1S/C24H27N3O3/c1-15(2)30-23(28)18-12-25-14-24(3,4)20-17-10-11-19(26-22(17)27-21(18)20)29-13-16-8-6-5-7-9-16/h5-12,15,25H,13-14H2,1-4H3,(H,26,27). The second kappa shape index (κ2) is 7.86. The molecule has 1 aliphatic rings. The van der Waals surface area contributed by atoms with Gasteiger partial charge in [0.05, 0.1) is 17.4 Å². The number of hydrogen-bond donors (Lipinski definition) is 2. The zero-order valence-electron chi connectivity index (χ0n) is 17.8. The van der Waals surface area contributed by atoms with E-state index in [2.05, 4.69) is 29.1 Å². The van der Waals surface area contributed by atoms with Gasteiger partial charge in [0, 0.05) is 29.6 Å². The summed E-state index contributed by atoms with van der Waals surface area (Å²) in [6.45, 7) is 9.12. The van der Waals surface area contributed by atoms with E-state index >= 15 is 0 Å². The van der Waals surface area contributed by atoms with Gasteiger partial charge in [-0.25, -0.2) is 4.79 Å². The second-order valence-electron chi connectivity index (χ2n) is 8.47. The molecule has 3 heterocycles. The van der Waals surface area contributed by atoms with E-state index in [4.69, 9.17) is 9.47 Å². The number of aromatic amines is 1. The van der Waals surface area contributed by atoms with Gasteiger partial charge in [0.2, 0.25) is 5.88 Å². The molecule has 2 aromatic heterocycles. The molecule has 2 N–H and O–H groups in total. The van der Waals surface area contributed by atoms with Gasteiger partial charge in [-0.3, -0.25) is 0 Å². The maximum absolute atomic E-state index is 12.7. The van der Waals surface area contributed by atoms with Crippen molar-refractivity contribution in [3.8, 4) is 5.88 Å². The SMILES string of the molecule is CC(C)OC(=O)C1=CNCC(C)(C)c2c1[nH]c1nc(OCc3ccccc3)ccc21. The van der Waals surface area contributed by atoms with Crippen LogP contribution in [0.25, 0.3) is 16.6 Å². The normalized spacial score (nSPS) is 15.2. The molecule has 30 heavy (non-hydrogen) atoms. The van der Waals surface area contributed by atoms with Crippen molar-refractivity contribution in [3.63, 3.8) is 0 Å². The van der Waals surface area contributed by atoms with Crippen LogP contribution in [0.1, 0.15) is 44.5 Å². The highest BCUT2D eigenvalue weighted by molar-refractivity contribution is 6.17. The fourth-order valence-electron chi connectivity index (χ4n) is 3.78. The number of benzene rings is 1.